The molecular formula is C7H38O35Si18. The highest BCUT2D eigenvalue weighted by Crippen LogP contribution is 2.47. The highest BCUT2D eigenvalue weighted by atomic mass is 28.6. The lowest BCUT2D eigenvalue weighted by Gasteiger charge is -2.53. The van der Waals surface area contributed by atoms with Crippen LogP contribution in [0.15, 0.2) is 0 Å². The van der Waals surface area contributed by atoms with Crippen molar-refractivity contribution in [2.75, 3.05) is 0 Å². The van der Waals surface area contributed by atoms with Gasteiger partial charge in [0.25, 0.3) is 0 Å². The number of fused-ring (bicyclic) bond motifs is 12. The molecule has 7 rings (SSSR count). The number of hydrogen-bond acceptors (Lipinski definition) is 35. The van der Waals surface area contributed by atoms with Crippen molar-refractivity contribution in [2.45, 2.75) is 42.3 Å². The van der Waals surface area contributed by atoms with Crippen molar-refractivity contribution in [1.82, 2.24) is 0 Å². The van der Waals surface area contributed by atoms with Crippen LogP contribution < -0.4 is 0 Å². The van der Waals surface area contributed by atoms with E-state index in [9.17, 15) is 71.9 Å². The second-order valence-electron chi connectivity index (χ2n) is 14.1. The second kappa shape index (κ2) is 15.0. The number of rotatable bonds is 2. The molecule has 60 heavy (non-hydrogen) atoms. The third kappa shape index (κ3) is 10.9. The van der Waals surface area contributed by atoms with Crippen molar-refractivity contribution in [3.05, 3.63) is 0 Å². The van der Waals surface area contributed by atoms with Crippen LogP contribution in [-0.2, 0) is 82.3 Å². The molecule has 0 spiro atoms. The summed E-state index contributed by atoms with van der Waals surface area (Å²) in [5.74, 6) is 0. The van der Waals surface area contributed by atoms with Crippen molar-refractivity contribution in [3.63, 3.8) is 0 Å². The lowest BCUT2D eigenvalue weighted by atomic mass is 11.8. The molecule has 15 N–H and O–H groups in total. The molecule has 15 atom stereocenters. The minimum absolute atomic E-state index is 0.171. The Morgan fingerprint density at radius 2 is 0.700 bits per heavy atom. The van der Waals surface area contributed by atoms with Gasteiger partial charge in [-0.3, -0.25) is 0 Å². The Hall–Kier alpha value is 2.50. The Kier molecular flexibility index (Phi) is 12.6. The first kappa shape index (κ1) is 50.4. The van der Waals surface area contributed by atoms with Crippen molar-refractivity contribution < 1.29 is 154 Å². The van der Waals surface area contributed by atoms with E-state index in [-0.39, 0.29) is 10.5 Å². The molecule has 0 radical (unpaired) electrons. The maximum Gasteiger partial charge on any atom is 0.657 e. The van der Waals surface area contributed by atoms with E-state index in [0.717, 1.165) is 13.1 Å². The summed E-state index contributed by atoms with van der Waals surface area (Å²) >= 11 is 0. The lowest BCUT2D eigenvalue weighted by Crippen LogP contribution is -2.84. The third-order valence-electron chi connectivity index (χ3n) is 8.04. The molecule has 0 aromatic rings. The minimum atomic E-state index is -6.32. The fourth-order valence-corrected chi connectivity index (χ4v) is 81.0. The van der Waals surface area contributed by atoms with Gasteiger partial charge in [-0.2, -0.15) is 0 Å². The summed E-state index contributed by atoms with van der Waals surface area (Å²) in [5.41, 5.74) is -5.40. The van der Waals surface area contributed by atoms with E-state index in [1.165, 1.54) is 6.55 Å². The molecule has 7 aliphatic rings. The molecule has 348 valence electrons. The summed E-state index contributed by atoms with van der Waals surface area (Å²) in [6, 6.07) is 0. The van der Waals surface area contributed by atoms with E-state index < -0.39 is 175 Å². The van der Waals surface area contributed by atoms with Crippen LogP contribution in [0.3, 0.4) is 0 Å². The van der Waals surface area contributed by atoms with Gasteiger partial charge in [-0.15, -0.1) is 0 Å². The predicted octanol–water partition coefficient (Wildman–Crippen LogP) is -14.6. The topological polar surface area (TPSA) is 488 Å². The monoisotopic (exact) mass is 1190 g/mol. The fraction of sp³-hybridized carbons (Fsp3) is 1.00. The van der Waals surface area contributed by atoms with Crippen LogP contribution in [0.4, 0.5) is 0 Å². The Morgan fingerprint density at radius 3 is 1.17 bits per heavy atom. The van der Waals surface area contributed by atoms with Crippen LogP contribution in [0.5, 0.6) is 0 Å². The fourth-order valence-electron chi connectivity index (χ4n) is 6.51. The summed E-state index contributed by atoms with van der Waals surface area (Å²) < 4.78 is 106. The van der Waals surface area contributed by atoms with E-state index in [2.05, 4.69) is 0 Å². The summed E-state index contributed by atoms with van der Waals surface area (Å²) in [6.07, 6.45) is 0. The van der Waals surface area contributed by atoms with Crippen LogP contribution in [0.25, 0.3) is 0 Å². The molecule has 7 heterocycles. The lowest BCUT2D eigenvalue weighted by molar-refractivity contribution is -0.0373. The summed E-state index contributed by atoms with van der Waals surface area (Å²) in [4.78, 5) is 172. The predicted molar refractivity (Wildman–Crippen MR) is 204 cm³/mol. The zero-order valence-corrected chi connectivity index (χ0v) is 50.7. The smallest absolute Gasteiger partial charge is 0.445 e. The van der Waals surface area contributed by atoms with E-state index in [1.54, 1.807) is 0 Å². The van der Waals surface area contributed by atoms with Crippen molar-refractivity contribution in [1.29, 1.82) is 0 Å². The van der Waals surface area contributed by atoms with E-state index in [0.29, 0.717) is 0 Å². The molecule has 0 aromatic carbocycles. The Labute approximate surface area is 357 Å². The molecule has 0 unspecified atom stereocenters. The summed E-state index contributed by atoms with van der Waals surface area (Å²) in [5, 5.41) is 0. The maximum absolute atomic E-state index is 12.1. The van der Waals surface area contributed by atoms with Crippen LogP contribution in [0.1, 0.15) is 0 Å². The number of hydrogen-bond donors (Lipinski definition) is 15. The summed E-state index contributed by atoms with van der Waals surface area (Å²) in [6.45, 7) is 2.88. The van der Waals surface area contributed by atoms with Gasteiger partial charge in [-0.1, -0.05) is 0 Å². The molecule has 12 bridgehead atoms. The third-order valence-corrected chi connectivity index (χ3v) is 72.4. The molecule has 0 saturated carbocycles. The van der Waals surface area contributed by atoms with E-state index in [1.807, 2.05) is 0 Å². The van der Waals surface area contributed by atoms with Crippen molar-refractivity contribution >= 4 is 163 Å². The standard InChI is InChI=1S/C7H38O35Si18/c1-45(23-43)4-48(9,10)30-58(20)37-53(15)7-52(14,35-55(17,26-45)40-58)36-56(18)27-46(2)5-49(11,32-59(21,38-53)41-56)31-51(13)6-50(12,25-46)33-57(19)29-47(3,8)28-54(16,24-44)39-60(22,34-51)42-57/h8-22H,4-7H2,1-3,43-44H3/t45-,46+,47-,49-,50+,51-,52+,53+,54+,55-,56+,57+,58-,59-,60-/m1/s1. The highest BCUT2D eigenvalue weighted by molar-refractivity contribution is 7.03. The molecule has 0 aliphatic carbocycles. The quantitative estimate of drug-likeness (QED) is 0.114. The zero-order valence-electron chi connectivity index (χ0n) is 30.7. The molecule has 7 saturated heterocycles. The van der Waals surface area contributed by atoms with Gasteiger partial charge in [0.1, 0.15) is 21.0 Å². The normalized spacial score (nSPS) is 59.9. The Bertz CT molecular complexity index is 1610. The van der Waals surface area contributed by atoms with Gasteiger partial charge in [0.05, 0.1) is 22.7 Å². The van der Waals surface area contributed by atoms with E-state index in [4.69, 9.17) is 82.3 Å². The molecule has 53 heteroatoms. The van der Waals surface area contributed by atoms with Crippen LogP contribution in [-0.4, -0.2) is 235 Å². The minimum Gasteiger partial charge on any atom is -0.445 e. The molecule has 35 nitrogen and oxygen atoms in total. The Morgan fingerprint density at radius 1 is 0.333 bits per heavy atom. The van der Waals surface area contributed by atoms with Gasteiger partial charge in [-0.25, -0.2) is 0 Å². The highest BCUT2D eigenvalue weighted by Gasteiger charge is 2.83. The first-order valence-electron chi connectivity index (χ1n) is 16.3. The first-order valence-corrected chi connectivity index (χ1v) is 48.8. The first-order chi connectivity index (χ1) is 26.7. The second-order valence-corrected chi connectivity index (χ2v) is 60.0. The van der Waals surface area contributed by atoms with Gasteiger partial charge in [0, 0.05) is 6.55 Å². The molecule has 7 aliphatic heterocycles. The van der Waals surface area contributed by atoms with Crippen molar-refractivity contribution in [2.24, 2.45) is 0 Å². The average Bonchev–Trinajstić information content (AvgIpc) is 2.86. The van der Waals surface area contributed by atoms with Crippen LogP contribution in [0.2, 0.25) is 42.3 Å². The zero-order chi connectivity index (χ0) is 45.0. The average molecular weight is 1190 g/mol. The largest absolute Gasteiger partial charge is 0.657 e. The maximum atomic E-state index is 12.1. The molecular weight excluding hydrogens is 1150 g/mol. The SMILES string of the molecule is C[Si@@]1(O)O[Si@](O)(O[SiH3])O[Si@@]2(O)O[Si@@]3(O)C[Si@](O)(O[Si@]4(C)C[Si@@](O)(O3)O[Si@]3(O)O[Si@]5(O)C[Si@@](O)(O[Si@](O)(O4)O3)O[Si@@]3(O)O[Si@@](C)(O[SiH3])C[Si](O)(O)O[Si@](O)(O5)O3)O[Si@](O)(O1)O2. The molecule has 0 aromatic heterocycles. The molecule has 0 amide bonds. The summed E-state index contributed by atoms with van der Waals surface area (Å²) in [7, 11) is -90.3. The van der Waals surface area contributed by atoms with Crippen molar-refractivity contribution in [3.8, 4) is 0 Å². The van der Waals surface area contributed by atoms with Crippen LogP contribution in [0, 0.1) is 0 Å². The van der Waals surface area contributed by atoms with Gasteiger partial charge in [-0.05, 0) is 13.1 Å². The Balaban J connectivity index is 1.33. The van der Waals surface area contributed by atoms with Crippen LogP contribution >= 0.6 is 0 Å². The van der Waals surface area contributed by atoms with Gasteiger partial charge < -0.3 is 154 Å². The van der Waals surface area contributed by atoms with Gasteiger partial charge in [0.15, 0.2) is 0 Å². The molecule has 7 fully saturated rings. The van der Waals surface area contributed by atoms with Gasteiger partial charge in [0.2, 0.25) is 0 Å². The van der Waals surface area contributed by atoms with Gasteiger partial charge >= 0.3 is 142 Å². The van der Waals surface area contributed by atoms with E-state index >= 15 is 0 Å².